The second-order valence-electron chi connectivity index (χ2n) is 7.80. The van der Waals surface area contributed by atoms with Crippen LogP contribution in [0.4, 0.5) is 0 Å². The highest BCUT2D eigenvalue weighted by Crippen LogP contribution is 2.36. The molecule has 2 atom stereocenters. The highest BCUT2D eigenvalue weighted by molar-refractivity contribution is 4.82. The van der Waals surface area contributed by atoms with Gasteiger partial charge in [-0.3, -0.25) is 0 Å². The van der Waals surface area contributed by atoms with E-state index in [1.807, 2.05) is 0 Å². The van der Waals surface area contributed by atoms with Crippen LogP contribution in [0.15, 0.2) is 0 Å². The van der Waals surface area contributed by atoms with E-state index in [4.69, 9.17) is 14.2 Å². The molecule has 0 bridgehead atoms. The zero-order valence-electron chi connectivity index (χ0n) is 13.2. The molecule has 2 unspecified atom stereocenters. The van der Waals surface area contributed by atoms with Crippen LogP contribution in [0.25, 0.3) is 0 Å². The summed E-state index contributed by atoms with van der Waals surface area (Å²) < 4.78 is 17.1. The smallest absolute Gasteiger partial charge is 0.0812 e. The Morgan fingerprint density at radius 1 is 0.619 bits per heavy atom. The van der Waals surface area contributed by atoms with Crippen molar-refractivity contribution in [1.82, 2.24) is 0 Å². The first-order valence-corrected chi connectivity index (χ1v) is 9.24. The Balaban J connectivity index is 1.12. The van der Waals surface area contributed by atoms with Crippen molar-refractivity contribution in [3.8, 4) is 0 Å². The Morgan fingerprint density at radius 3 is 1.33 bits per heavy atom. The average molecular weight is 294 g/mol. The van der Waals surface area contributed by atoms with Crippen molar-refractivity contribution >= 4 is 0 Å². The Morgan fingerprint density at radius 2 is 1.00 bits per heavy atom. The maximum absolute atomic E-state index is 6.41. The van der Waals surface area contributed by atoms with Gasteiger partial charge in [0.2, 0.25) is 0 Å². The highest BCUT2D eigenvalue weighted by Gasteiger charge is 2.33. The van der Waals surface area contributed by atoms with Gasteiger partial charge in [-0.1, -0.05) is 0 Å². The van der Waals surface area contributed by atoms with E-state index in [0.29, 0.717) is 24.4 Å². The SMILES string of the molecule is C1CC(OC2CCC(CC3CO3)CC2)CCC1CC1CO1. The molecule has 2 aliphatic carbocycles. The second-order valence-corrected chi connectivity index (χ2v) is 7.80. The van der Waals surface area contributed by atoms with Gasteiger partial charge in [-0.25, -0.2) is 0 Å². The number of rotatable bonds is 6. The van der Waals surface area contributed by atoms with Crippen molar-refractivity contribution in [3.63, 3.8) is 0 Å². The molecule has 2 aliphatic heterocycles. The maximum Gasteiger partial charge on any atom is 0.0812 e. The first-order valence-electron chi connectivity index (χ1n) is 9.24. The highest BCUT2D eigenvalue weighted by atomic mass is 16.6. The van der Waals surface area contributed by atoms with Gasteiger partial charge >= 0.3 is 0 Å². The molecule has 0 aromatic heterocycles. The summed E-state index contributed by atoms with van der Waals surface area (Å²) in [6.45, 7) is 2.04. The molecule has 0 aromatic carbocycles. The zero-order valence-corrected chi connectivity index (χ0v) is 13.2. The molecule has 0 amide bonds. The van der Waals surface area contributed by atoms with Gasteiger partial charge in [-0.2, -0.15) is 0 Å². The molecule has 120 valence electrons. The summed E-state index contributed by atoms with van der Waals surface area (Å²) in [7, 11) is 0. The fourth-order valence-electron chi connectivity index (χ4n) is 4.43. The summed E-state index contributed by atoms with van der Waals surface area (Å²) in [6, 6.07) is 0. The molecule has 21 heavy (non-hydrogen) atoms. The molecule has 0 aromatic rings. The third kappa shape index (κ3) is 4.43. The Bertz CT molecular complexity index is 289. The van der Waals surface area contributed by atoms with Crippen molar-refractivity contribution in [2.24, 2.45) is 11.8 Å². The van der Waals surface area contributed by atoms with Gasteiger partial charge in [0, 0.05) is 0 Å². The number of epoxide rings is 2. The van der Waals surface area contributed by atoms with Gasteiger partial charge < -0.3 is 14.2 Å². The quantitative estimate of drug-likeness (QED) is 0.701. The summed E-state index contributed by atoms with van der Waals surface area (Å²) >= 11 is 0. The van der Waals surface area contributed by atoms with Crippen molar-refractivity contribution in [2.75, 3.05) is 13.2 Å². The number of hydrogen-bond acceptors (Lipinski definition) is 3. The summed E-state index contributed by atoms with van der Waals surface area (Å²) in [4.78, 5) is 0. The third-order valence-electron chi connectivity index (χ3n) is 5.97. The first kappa shape index (κ1) is 14.5. The van der Waals surface area contributed by atoms with Crippen molar-refractivity contribution in [1.29, 1.82) is 0 Å². The van der Waals surface area contributed by atoms with Crippen LogP contribution in [0.2, 0.25) is 0 Å². The minimum atomic E-state index is 0.551. The van der Waals surface area contributed by atoms with Crippen molar-refractivity contribution < 1.29 is 14.2 Å². The van der Waals surface area contributed by atoms with E-state index in [1.54, 1.807) is 0 Å². The monoisotopic (exact) mass is 294 g/mol. The lowest BCUT2D eigenvalue weighted by Gasteiger charge is -2.34. The van der Waals surface area contributed by atoms with E-state index in [-0.39, 0.29) is 0 Å². The molecule has 4 rings (SSSR count). The Hall–Kier alpha value is -0.120. The Labute approximate surface area is 128 Å². The molecule has 2 saturated heterocycles. The molecule has 3 nitrogen and oxygen atoms in total. The molecule has 2 saturated carbocycles. The first-order chi connectivity index (χ1) is 10.3. The van der Waals surface area contributed by atoms with Crippen LogP contribution in [-0.4, -0.2) is 37.6 Å². The van der Waals surface area contributed by atoms with E-state index in [9.17, 15) is 0 Å². The van der Waals surface area contributed by atoms with Crippen LogP contribution in [0, 0.1) is 11.8 Å². The zero-order chi connectivity index (χ0) is 14.1. The fourth-order valence-corrected chi connectivity index (χ4v) is 4.43. The Kier molecular flexibility index (Phi) is 4.52. The molecular weight excluding hydrogens is 264 g/mol. The fraction of sp³-hybridized carbons (Fsp3) is 1.00. The van der Waals surface area contributed by atoms with Gasteiger partial charge in [0.1, 0.15) is 0 Å². The van der Waals surface area contributed by atoms with Gasteiger partial charge in [-0.05, 0) is 76.0 Å². The lowest BCUT2D eigenvalue weighted by molar-refractivity contribution is -0.0576. The van der Waals surface area contributed by atoms with Crippen LogP contribution < -0.4 is 0 Å². The minimum Gasteiger partial charge on any atom is -0.375 e. The minimum absolute atomic E-state index is 0.551. The van der Waals surface area contributed by atoms with Gasteiger partial charge in [0.25, 0.3) is 0 Å². The van der Waals surface area contributed by atoms with E-state index < -0.39 is 0 Å². The predicted octanol–water partition coefficient (Wildman–Crippen LogP) is 3.70. The maximum atomic E-state index is 6.41. The molecule has 0 spiro atoms. The van der Waals surface area contributed by atoms with Crippen LogP contribution in [0.3, 0.4) is 0 Å². The summed E-state index contributed by atoms with van der Waals surface area (Å²) in [5.41, 5.74) is 0. The average Bonchev–Trinajstić information content (AvgIpc) is 3.40. The normalized spacial score (nSPS) is 46.3. The van der Waals surface area contributed by atoms with Crippen LogP contribution in [0.1, 0.15) is 64.2 Å². The van der Waals surface area contributed by atoms with Crippen LogP contribution >= 0.6 is 0 Å². The van der Waals surface area contributed by atoms with Gasteiger partial charge in [0.05, 0.1) is 37.6 Å². The molecule has 0 N–H and O–H groups in total. The summed E-state index contributed by atoms with van der Waals surface area (Å²) in [6.07, 6.45) is 15.5. The van der Waals surface area contributed by atoms with Gasteiger partial charge in [0.15, 0.2) is 0 Å². The van der Waals surface area contributed by atoms with Crippen LogP contribution in [0.5, 0.6) is 0 Å². The van der Waals surface area contributed by atoms with E-state index in [1.165, 1.54) is 64.2 Å². The third-order valence-corrected chi connectivity index (χ3v) is 5.97. The molecule has 4 aliphatic rings. The molecular formula is C18H30O3. The van der Waals surface area contributed by atoms with Crippen molar-refractivity contribution in [2.45, 2.75) is 88.6 Å². The number of ether oxygens (including phenoxy) is 3. The lowest BCUT2D eigenvalue weighted by Crippen LogP contribution is -2.30. The molecule has 2 heterocycles. The molecule has 0 radical (unpaired) electrons. The van der Waals surface area contributed by atoms with Crippen LogP contribution in [-0.2, 0) is 14.2 Å². The van der Waals surface area contributed by atoms with Gasteiger partial charge in [-0.15, -0.1) is 0 Å². The molecule has 4 fully saturated rings. The topological polar surface area (TPSA) is 34.3 Å². The van der Waals surface area contributed by atoms with E-state index >= 15 is 0 Å². The predicted molar refractivity (Wildman–Crippen MR) is 81.3 cm³/mol. The summed E-state index contributed by atoms with van der Waals surface area (Å²) in [5.74, 6) is 1.82. The number of hydrogen-bond donors (Lipinski definition) is 0. The largest absolute Gasteiger partial charge is 0.375 e. The van der Waals surface area contributed by atoms with E-state index in [2.05, 4.69) is 0 Å². The summed E-state index contributed by atoms with van der Waals surface area (Å²) in [5, 5.41) is 0. The van der Waals surface area contributed by atoms with E-state index in [0.717, 1.165) is 25.0 Å². The molecule has 3 heteroatoms. The second kappa shape index (κ2) is 6.55. The standard InChI is InChI=1S/C18H30O3/c1-5-15(6-2-13(1)9-17-11-19-17)21-16-7-3-14(4-8-16)10-18-12-20-18/h13-18H,1-12H2. The lowest BCUT2D eigenvalue weighted by atomic mass is 9.83. The van der Waals surface area contributed by atoms with Crippen molar-refractivity contribution in [3.05, 3.63) is 0 Å².